The number of rotatable bonds is 8. The van der Waals surface area contributed by atoms with Crippen molar-refractivity contribution in [2.75, 3.05) is 24.5 Å². The van der Waals surface area contributed by atoms with Gasteiger partial charge in [-0.1, -0.05) is 19.1 Å². The molecule has 0 saturated carbocycles. The molecule has 164 valence electrons. The molecule has 10 heteroatoms. The number of methoxy groups -OCH3 is 1. The maximum Gasteiger partial charge on any atom is 0.416 e. The second kappa shape index (κ2) is 9.38. The molecular weight excluding hydrogens is 421 g/mol. The summed E-state index contributed by atoms with van der Waals surface area (Å²) < 4.78 is 72.2. The van der Waals surface area contributed by atoms with Gasteiger partial charge in [-0.25, -0.2) is 8.42 Å². The number of carbonyl (C=O) groups excluding carboxylic acids is 1. The molecule has 2 rings (SSSR count). The lowest BCUT2D eigenvalue weighted by molar-refractivity contribution is -0.137. The van der Waals surface area contributed by atoms with Gasteiger partial charge in [0.05, 0.1) is 18.4 Å². The average Bonchev–Trinajstić information content (AvgIpc) is 2.69. The van der Waals surface area contributed by atoms with E-state index in [0.717, 1.165) is 12.1 Å². The smallest absolute Gasteiger partial charge is 0.416 e. The number of hydrogen-bond acceptors (Lipinski definition) is 4. The van der Waals surface area contributed by atoms with Crippen LogP contribution in [-0.2, 0) is 21.0 Å². The topological polar surface area (TPSA) is 75.7 Å². The molecule has 0 atom stereocenters. The molecule has 0 fully saturated rings. The Balaban J connectivity index is 2.62. The first-order chi connectivity index (χ1) is 14.0. The predicted molar refractivity (Wildman–Crippen MR) is 107 cm³/mol. The Labute approximate surface area is 173 Å². The fourth-order valence-electron chi connectivity index (χ4n) is 2.71. The molecule has 1 N–H and O–H groups in total. The summed E-state index contributed by atoms with van der Waals surface area (Å²) in [5, 5.41) is 2.54. The minimum atomic E-state index is -4.67. The molecule has 0 heterocycles. The Kier molecular flexibility index (Phi) is 7.35. The van der Waals surface area contributed by atoms with E-state index in [1.807, 2.05) is 6.92 Å². The number of amides is 1. The van der Waals surface area contributed by atoms with Crippen LogP contribution in [0.15, 0.2) is 47.4 Å². The predicted octanol–water partition coefficient (Wildman–Crippen LogP) is 3.74. The van der Waals surface area contributed by atoms with Gasteiger partial charge in [0.1, 0.15) is 17.2 Å². The molecular formula is C20H23F3N2O4S. The first kappa shape index (κ1) is 23.5. The molecule has 0 aliphatic carbocycles. The normalized spacial score (nSPS) is 11.8. The summed E-state index contributed by atoms with van der Waals surface area (Å²) in [5.74, 6) is -0.615. The number of benzene rings is 2. The van der Waals surface area contributed by atoms with Gasteiger partial charge in [-0.15, -0.1) is 0 Å². The molecule has 0 spiro atoms. The average molecular weight is 444 g/mol. The van der Waals surface area contributed by atoms with Gasteiger partial charge in [-0.2, -0.15) is 13.2 Å². The van der Waals surface area contributed by atoms with Gasteiger partial charge in [-0.05, 0) is 49.2 Å². The van der Waals surface area contributed by atoms with E-state index in [0.29, 0.717) is 28.9 Å². The van der Waals surface area contributed by atoms with E-state index >= 15 is 0 Å². The number of halogens is 3. The van der Waals surface area contributed by atoms with E-state index in [4.69, 9.17) is 4.74 Å². The number of nitrogens with zero attached hydrogens (tertiary/aromatic N) is 1. The van der Waals surface area contributed by atoms with Crippen molar-refractivity contribution in [3.63, 3.8) is 0 Å². The zero-order chi connectivity index (χ0) is 22.5. The number of anilines is 1. The summed E-state index contributed by atoms with van der Waals surface area (Å²) in [6, 6.07) is 8.27. The quantitative estimate of drug-likeness (QED) is 0.673. The summed E-state index contributed by atoms with van der Waals surface area (Å²) in [7, 11) is -3.14. The van der Waals surface area contributed by atoms with Crippen molar-refractivity contribution in [1.82, 2.24) is 5.32 Å². The highest BCUT2D eigenvalue weighted by Gasteiger charge is 2.34. The van der Waals surface area contributed by atoms with Crippen LogP contribution in [0, 0.1) is 6.92 Å². The molecule has 0 aromatic heterocycles. The summed E-state index contributed by atoms with van der Waals surface area (Å²) in [4.78, 5) is 12.1. The van der Waals surface area contributed by atoms with Crippen molar-refractivity contribution in [3.05, 3.63) is 53.6 Å². The first-order valence-electron chi connectivity index (χ1n) is 9.12. The van der Waals surface area contributed by atoms with Crippen LogP contribution in [0.4, 0.5) is 18.9 Å². The molecule has 0 saturated heterocycles. The zero-order valence-electron chi connectivity index (χ0n) is 16.8. The standard InChI is InChI=1S/C20H23F3N2O4S/c1-4-10-24-19(26)13-25(16-7-5-6-15(12-16)20(21,22)23)30(27,28)18-11-14(2)8-9-17(18)29-3/h5-9,11-12H,4,10,13H2,1-3H3,(H,24,26). The number of aryl methyl sites for hydroxylation is 1. The molecule has 0 unspecified atom stereocenters. The van der Waals surface area contributed by atoms with E-state index in [2.05, 4.69) is 5.32 Å². The van der Waals surface area contributed by atoms with Gasteiger partial charge >= 0.3 is 6.18 Å². The summed E-state index contributed by atoms with van der Waals surface area (Å²) in [5.41, 5.74) is -0.695. The van der Waals surface area contributed by atoms with E-state index in [9.17, 15) is 26.4 Å². The molecule has 30 heavy (non-hydrogen) atoms. The van der Waals surface area contributed by atoms with Crippen molar-refractivity contribution in [2.45, 2.75) is 31.3 Å². The summed E-state index contributed by atoms with van der Waals surface area (Å²) >= 11 is 0. The van der Waals surface area contributed by atoms with Crippen molar-refractivity contribution < 1.29 is 31.1 Å². The monoisotopic (exact) mass is 444 g/mol. The highest BCUT2D eigenvalue weighted by molar-refractivity contribution is 7.93. The maximum atomic E-state index is 13.4. The molecule has 2 aromatic carbocycles. The minimum absolute atomic E-state index is 0.0199. The number of alkyl halides is 3. The van der Waals surface area contributed by atoms with Crippen LogP contribution in [0.3, 0.4) is 0 Å². The van der Waals surface area contributed by atoms with Gasteiger partial charge in [-0.3, -0.25) is 9.10 Å². The van der Waals surface area contributed by atoms with Crippen molar-refractivity contribution >= 4 is 21.6 Å². The minimum Gasteiger partial charge on any atom is -0.495 e. The zero-order valence-corrected chi connectivity index (χ0v) is 17.6. The Morgan fingerprint density at radius 3 is 2.47 bits per heavy atom. The molecule has 6 nitrogen and oxygen atoms in total. The number of hydrogen-bond donors (Lipinski definition) is 1. The molecule has 0 aliphatic rings. The Morgan fingerprint density at radius 2 is 1.87 bits per heavy atom. The van der Waals surface area contributed by atoms with Crippen LogP contribution in [0.25, 0.3) is 0 Å². The van der Waals surface area contributed by atoms with E-state index < -0.39 is 34.2 Å². The lowest BCUT2D eigenvalue weighted by Gasteiger charge is -2.25. The SMILES string of the molecule is CCCNC(=O)CN(c1cccc(C(F)(F)F)c1)S(=O)(=O)c1cc(C)ccc1OC. The third-order valence-electron chi connectivity index (χ3n) is 4.21. The molecule has 1 amide bonds. The van der Waals surface area contributed by atoms with Gasteiger partial charge in [0.2, 0.25) is 5.91 Å². The lowest BCUT2D eigenvalue weighted by atomic mass is 10.2. The lowest BCUT2D eigenvalue weighted by Crippen LogP contribution is -2.41. The second-order valence-corrected chi connectivity index (χ2v) is 8.39. The fourth-order valence-corrected chi connectivity index (χ4v) is 4.36. The number of nitrogens with one attached hydrogen (secondary N) is 1. The van der Waals surface area contributed by atoms with Crippen molar-refractivity contribution in [3.8, 4) is 5.75 Å². The molecule has 0 radical (unpaired) electrons. The molecule has 0 bridgehead atoms. The van der Waals surface area contributed by atoms with Gasteiger partial charge in [0.15, 0.2) is 0 Å². The largest absolute Gasteiger partial charge is 0.495 e. The van der Waals surface area contributed by atoms with Gasteiger partial charge in [0, 0.05) is 6.54 Å². The second-order valence-electron chi connectivity index (χ2n) is 6.56. The van der Waals surface area contributed by atoms with Crippen LogP contribution >= 0.6 is 0 Å². The van der Waals surface area contributed by atoms with E-state index in [-0.39, 0.29) is 16.3 Å². The van der Waals surface area contributed by atoms with Crippen LogP contribution < -0.4 is 14.4 Å². The highest BCUT2D eigenvalue weighted by Crippen LogP contribution is 2.35. The first-order valence-corrected chi connectivity index (χ1v) is 10.6. The number of sulfonamides is 1. The van der Waals surface area contributed by atoms with E-state index in [1.165, 1.54) is 25.3 Å². The highest BCUT2D eigenvalue weighted by atomic mass is 32.2. The summed E-state index contributed by atoms with van der Waals surface area (Å²) in [6.45, 7) is 3.12. The van der Waals surface area contributed by atoms with Crippen LogP contribution in [-0.4, -0.2) is 34.5 Å². The van der Waals surface area contributed by atoms with Crippen LogP contribution in [0.5, 0.6) is 5.75 Å². The van der Waals surface area contributed by atoms with Crippen LogP contribution in [0.1, 0.15) is 24.5 Å². The third-order valence-corrected chi connectivity index (χ3v) is 6.00. The van der Waals surface area contributed by atoms with Crippen molar-refractivity contribution in [1.29, 1.82) is 0 Å². The Morgan fingerprint density at radius 1 is 1.17 bits per heavy atom. The molecule has 0 aliphatic heterocycles. The Bertz CT molecular complexity index is 1010. The Hall–Kier alpha value is -2.75. The van der Waals surface area contributed by atoms with E-state index in [1.54, 1.807) is 13.0 Å². The maximum absolute atomic E-state index is 13.4. The molecule has 2 aromatic rings. The summed E-state index contributed by atoms with van der Waals surface area (Å²) in [6.07, 6.45) is -4.05. The van der Waals surface area contributed by atoms with Gasteiger partial charge < -0.3 is 10.1 Å². The van der Waals surface area contributed by atoms with Gasteiger partial charge in [0.25, 0.3) is 10.0 Å². The fraction of sp³-hybridized carbons (Fsp3) is 0.350. The van der Waals surface area contributed by atoms with Crippen molar-refractivity contribution in [2.24, 2.45) is 0 Å². The third kappa shape index (κ3) is 5.44. The number of ether oxygens (including phenoxy) is 1. The van der Waals surface area contributed by atoms with Crippen LogP contribution in [0.2, 0.25) is 0 Å². The number of carbonyl (C=O) groups is 1.